The SMILES string of the molecule is CCOc1ccccc1OCC1(Cc2ccccc2OC)CCNCC1. The third-order valence-corrected chi connectivity index (χ3v) is 5.11. The van der Waals surface area contributed by atoms with E-state index in [4.69, 9.17) is 14.2 Å². The quantitative estimate of drug-likeness (QED) is 0.774. The highest BCUT2D eigenvalue weighted by Crippen LogP contribution is 2.37. The Balaban J connectivity index is 1.78. The van der Waals surface area contributed by atoms with Crippen LogP contribution < -0.4 is 19.5 Å². The number of methoxy groups -OCH3 is 1. The fourth-order valence-corrected chi connectivity index (χ4v) is 3.66. The van der Waals surface area contributed by atoms with Crippen molar-refractivity contribution in [2.75, 3.05) is 33.4 Å². The highest BCUT2D eigenvalue weighted by atomic mass is 16.5. The molecule has 2 aromatic rings. The molecule has 0 radical (unpaired) electrons. The van der Waals surface area contributed by atoms with Crippen LogP contribution in [0.5, 0.6) is 17.2 Å². The minimum Gasteiger partial charge on any atom is -0.496 e. The fraction of sp³-hybridized carbons (Fsp3) is 0.455. The summed E-state index contributed by atoms with van der Waals surface area (Å²) in [6, 6.07) is 16.2. The number of ether oxygens (including phenoxy) is 3. The Hall–Kier alpha value is -2.20. The monoisotopic (exact) mass is 355 g/mol. The van der Waals surface area contributed by atoms with Gasteiger partial charge in [0.05, 0.1) is 20.3 Å². The molecule has 4 heteroatoms. The molecule has 4 nitrogen and oxygen atoms in total. The molecule has 0 spiro atoms. The van der Waals surface area contributed by atoms with Crippen LogP contribution in [0.4, 0.5) is 0 Å². The highest BCUT2D eigenvalue weighted by Gasteiger charge is 2.34. The van der Waals surface area contributed by atoms with E-state index >= 15 is 0 Å². The van der Waals surface area contributed by atoms with Crippen LogP contribution >= 0.6 is 0 Å². The number of nitrogens with one attached hydrogen (secondary N) is 1. The molecule has 0 amide bonds. The molecule has 0 saturated carbocycles. The summed E-state index contributed by atoms with van der Waals surface area (Å²) >= 11 is 0. The molecule has 3 rings (SSSR count). The van der Waals surface area contributed by atoms with Gasteiger partial charge in [-0.3, -0.25) is 0 Å². The van der Waals surface area contributed by atoms with E-state index in [9.17, 15) is 0 Å². The van der Waals surface area contributed by atoms with Crippen LogP contribution in [0.15, 0.2) is 48.5 Å². The average molecular weight is 355 g/mol. The summed E-state index contributed by atoms with van der Waals surface area (Å²) in [5, 5.41) is 3.47. The van der Waals surface area contributed by atoms with Gasteiger partial charge in [-0.2, -0.15) is 0 Å². The number of para-hydroxylation sites is 3. The van der Waals surface area contributed by atoms with Gasteiger partial charge in [-0.15, -0.1) is 0 Å². The fourth-order valence-electron chi connectivity index (χ4n) is 3.66. The first-order valence-electron chi connectivity index (χ1n) is 9.43. The average Bonchev–Trinajstić information content (AvgIpc) is 2.69. The molecule has 0 aromatic heterocycles. The minimum atomic E-state index is 0.0964. The van der Waals surface area contributed by atoms with E-state index < -0.39 is 0 Å². The number of hydrogen-bond acceptors (Lipinski definition) is 4. The van der Waals surface area contributed by atoms with E-state index in [0.717, 1.165) is 49.6 Å². The zero-order chi connectivity index (χ0) is 18.2. The summed E-state index contributed by atoms with van der Waals surface area (Å²) < 4.78 is 17.6. The zero-order valence-electron chi connectivity index (χ0n) is 15.8. The molecule has 26 heavy (non-hydrogen) atoms. The lowest BCUT2D eigenvalue weighted by molar-refractivity contribution is 0.101. The van der Waals surface area contributed by atoms with Crippen LogP contribution in [0.1, 0.15) is 25.3 Å². The van der Waals surface area contributed by atoms with Crippen LogP contribution in [-0.2, 0) is 6.42 Å². The van der Waals surface area contributed by atoms with Crippen molar-refractivity contribution >= 4 is 0 Å². The molecule has 2 aromatic carbocycles. The van der Waals surface area contributed by atoms with Gasteiger partial charge < -0.3 is 19.5 Å². The topological polar surface area (TPSA) is 39.7 Å². The summed E-state index contributed by atoms with van der Waals surface area (Å²) in [6.07, 6.45) is 3.12. The smallest absolute Gasteiger partial charge is 0.161 e. The Kier molecular flexibility index (Phi) is 6.40. The highest BCUT2D eigenvalue weighted by molar-refractivity contribution is 5.39. The van der Waals surface area contributed by atoms with Gasteiger partial charge in [-0.05, 0) is 63.0 Å². The Morgan fingerprint density at radius 1 is 0.885 bits per heavy atom. The van der Waals surface area contributed by atoms with Crippen molar-refractivity contribution in [2.24, 2.45) is 5.41 Å². The Bertz CT molecular complexity index is 695. The lowest BCUT2D eigenvalue weighted by atomic mass is 9.74. The first kappa shape index (κ1) is 18.6. The molecule has 0 aliphatic carbocycles. The van der Waals surface area contributed by atoms with Crippen molar-refractivity contribution in [3.63, 3.8) is 0 Å². The molecule has 140 valence electrons. The molecule has 1 heterocycles. The van der Waals surface area contributed by atoms with Gasteiger partial charge in [0, 0.05) is 5.41 Å². The van der Waals surface area contributed by atoms with Crippen LogP contribution in [0.25, 0.3) is 0 Å². The van der Waals surface area contributed by atoms with Gasteiger partial charge in [0.25, 0.3) is 0 Å². The predicted molar refractivity (Wildman–Crippen MR) is 104 cm³/mol. The largest absolute Gasteiger partial charge is 0.496 e. The summed E-state index contributed by atoms with van der Waals surface area (Å²) in [4.78, 5) is 0. The normalized spacial score (nSPS) is 16.1. The van der Waals surface area contributed by atoms with E-state index in [-0.39, 0.29) is 5.41 Å². The first-order chi connectivity index (χ1) is 12.8. The molecule has 1 N–H and O–H groups in total. The summed E-state index contributed by atoms with van der Waals surface area (Å²) in [6.45, 7) is 5.34. The molecule has 1 aliphatic rings. The second kappa shape index (κ2) is 8.95. The Morgan fingerprint density at radius 2 is 1.50 bits per heavy atom. The van der Waals surface area contributed by atoms with Gasteiger partial charge in [-0.1, -0.05) is 30.3 Å². The van der Waals surface area contributed by atoms with Crippen molar-refractivity contribution in [1.29, 1.82) is 0 Å². The van der Waals surface area contributed by atoms with Crippen molar-refractivity contribution in [2.45, 2.75) is 26.2 Å². The number of hydrogen-bond donors (Lipinski definition) is 1. The van der Waals surface area contributed by atoms with Crippen LogP contribution in [0, 0.1) is 5.41 Å². The second-order valence-corrected chi connectivity index (χ2v) is 6.91. The molecule has 1 aliphatic heterocycles. The van der Waals surface area contributed by atoms with Crippen LogP contribution in [0.2, 0.25) is 0 Å². The predicted octanol–water partition coefficient (Wildman–Crippen LogP) is 4.09. The lowest BCUT2D eigenvalue weighted by Gasteiger charge is -2.38. The summed E-state index contributed by atoms with van der Waals surface area (Å²) in [7, 11) is 1.74. The van der Waals surface area contributed by atoms with E-state index in [1.165, 1.54) is 5.56 Å². The summed E-state index contributed by atoms with van der Waals surface area (Å²) in [5.41, 5.74) is 1.35. The molecular weight excluding hydrogens is 326 g/mol. The number of piperidine rings is 1. The maximum absolute atomic E-state index is 6.28. The standard InChI is InChI=1S/C22H29NO3/c1-3-25-20-10-6-7-11-21(20)26-17-22(12-14-23-15-13-22)16-18-8-4-5-9-19(18)24-2/h4-11,23H,3,12-17H2,1-2H3. The van der Waals surface area contributed by atoms with Crippen molar-refractivity contribution in [1.82, 2.24) is 5.32 Å². The van der Waals surface area contributed by atoms with Gasteiger partial charge in [0.1, 0.15) is 5.75 Å². The maximum Gasteiger partial charge on any atom is 0.161 e. The molecule has 0 atom stereocenters. The first-order valence-corrected chi connectivity index (χ1v) is 9.43. The number of benzene rings is 2. The van der Waals surface area contributed by atoms with E-state index in [1.807, 2.05) is 43.3 Å². The number of rotatable bonds is 8. The molecule has 1 saturated heterocycles. The van der Waals surface area contributed by atoms with Crippen LogP contribution in [0.3, 0.4) is 0 Å². The maximum atomic E-state index is 6.28. The third kappa shape index (κ3) is 4.50. The van der Waals surface area contributed by atoms with E-state index in [2.05, 4.69) is 17.4 Å². The van der Waals surface area contributed by atoms with Gasteiger partial charge in [-0.25, -0.2) is 0 Å². The van der Waals surface area contributed by atoms with E-state index in [1.54, 1.807) is 7.11 Å². The zero-order valence-corrected chi connectivity index (χ0v) is 15.8. The summed E-state index contributed by atoms with van der Waals surface area (Å²) in [5.74, 6) is 2.60. The van der Waals surface area contributed by atoms with E-state index in [0.29, 0.717) is 13.2 Å². The van der Waals surface area contributed by atoms with Crippen molar-refractivity contribution in [3.05, 3.63) is 54.1 Å². The lowest BCUT2D eigenvalue weighted by Crippen LogP contribution is -2.42. The molecule has 1 fully saturated rings. The second-order valence-electron chi connectivity index (χ2n) is 6.91. The molecule has 0 unspecified atom stereocenters. The van der Waals surface area contributed by atoms with Gasteiger partial charge >= 0.3 is 0 Å². The molecule has 0 bridgehead atoms. The van der Waals surface area contributed by atoms with Gasteiger partial charge in [0.2, 0.25) is 0 Å². The van der Waals surface area contributed by atoms with Crippen molar-refractivity contribution in [3.8, 4) is 17.2 Å². The molecular formula is C22H29NO3. The van der Waals surface area contributed by atoms with Gasteiger partial charge in [0.15, 0.2) is 11.5 Å². The minimum absolute atomic E-state index is 0.0964. The Morgan fingerprint density at radius 3 is 2.15 bits per heavy atom. The Labute approximate surface area is 156 Å². The van der Waals surface area contributed by atoms with Crippen molar-refractivity contribution < 1.29 is 14.2 Å². The van der Waals surface area contributed by atoms with Crippen LogP contribution in [-0.4, -0.2) is 33.4 Å². The third-order valence-electron chi connectivity index (χ3n) is 5.11.